The summed E-state index contributed by atoms with van der Waals surface area (Å²) in [5.74, 6) is -0.162. The predicted octanol–water partition coefficient (Wildman–Crippen LogP) is 3.50. The fraction of sp³-hybridized carbons (Fsp3) is 0.364. The molecule has 0 aliphatic rings. The number of carbonyl (C=O) groups is 2. The molecule has 0 spiro atoms. The van der Waals surface area contributed by atoms with Gasteiger partial charge in [-0.05, 0) is 37.7 Å². The Labute approximate surface area is 161 Å². The van der Waals surface area contributed by atoms with E-state index in [1.807, 2.05) is 30.3 Å². The number of nitrogens with one attached hydrogen (secondary N) is 2. The summed E-state index contributed by atoms with van der Waals surface area (Å²) in [7, 11) is 0. The van der Waals surface area contributed by atoms with Gasteiger partial charge in [0.15, 0.2) is 5.78 Å². The van der Waals surface area contributed by atoms with Crippen LogP contribution in [0.3, 0.4) is 0 Å². The zero-order chi connectivity index (χ0) is 19.6. The van der Waals surface area contributed by atoms with E-state index in [4.69, 9.17) is 0 Å². The van der Waals surface area contributed by atoms with Crippen molar-refractivity contribution in [2.24, 2.45) is 0 Å². The minimum absolute atomic E-state index is 0.0249. The van der Waals surface area contributed by atoms with Crippen LogP contribution in [0.25, 0.3) is 0 Å². The Balaban J connectivity index is 2.11. The van der Waals surface area contributed by atoms with Crippen molar-refractivity contribution in [3.63, 3.8) is 0 Å². The van der Waals surface area contributed by atoms with Crippen LogP contribution in [0, 0.1) is 0 Å². The molecule has 0 radical (unpaired) electrons. The van der Waals surface area contributed by atoms with Crippen molar-refractivity contribution in [3.05, 3.63) is 65.7 Å². The predicted molar refractivity (Wildman–Crippen MR) is 110 cm³/mol. The van der Waals surface area contributed by atoms with Crippen molar-refractivity contribution >= 4 is 17.4 Å². The summed E-state index contributed by atoms with van der Waals surface area (Å²) in [6.07, 6.45) is 0. The van der Waals surface area contributed by atoms with Gasteiger partial charge in [0, 0.05) is 24.3 Å². The number of likely N-dealkylation sites (N-methyl/N-ethyl adjacent to an activating group) is 1. The van der Waals surface area contributed by atoms with Gasteiger partial charge in [-0.2, -0.15) is 0 Å². The molecule has 0 aliphatic carbocycles. The molecule has 0 aromatic heterocycles. The van der Waals surface area contributed by atoms with Crippen LogP contribution >= 0.6 is 0 Å². The average molecular weight is 367 g/mol. The third-order valence-electron chi connectivity index (χ3n) is 4.60. The molecule has 0 bridgehead atoms. The Morgan fingerprint density at radius 3 is 2.33 bits per heavy atom. The van der Waals surface area contributed by atoms with Gasteiger partial charge in [-0.25, -0.2) is 0 Å². The largest absolute Gasteiger partial charge is 0.324 e. The number of amides is 1. The van der Waals surface area contributed by atoms with Crippen molar-refractivity contribution in [2.45, 2.75) is 26.8 Å². The highest BCUT2D eigenvalue weighted by Crippen LogP contribution is 2.17. The van der Waals surface area contributed by atoms with E-state index in [-0.39, 0.29) is 11.7 Å². The van der Waals surface area contributed by atoms with E-state index in [0.717, 1.165) is 25.2 Å². The third kappa shape index (κ3) is 6.31. The minimum atomic E-state index is -0.456. The number of carbonyl (C=O) groups excluding carboxylic acids is 2. The van der Waals surface area contributed by atoms with Gasteiger partial charge in [-0.1, -0.05) is 56.3 Å². The van der Waals surface area contributed by atoms with Crippen molar-refractivity contribution in [1.82, 2.24) is 10.2 Å². The molecule has 0 aliphatic heterocycles. The van der Waals surface area contributed by atoms with E-state index >= 15 is 0 Å². The van der Waals surface area contributed by atoms with Crippen LogP contribution in [0.4, 0.5) is 5.69 Å². The van der Waals surface area contributed by atoms with Gasteiger partial charge in [-0.3, -0.25) is 9.59 Å². The Morgan fingerprint density at radius 1 is 1.00 bits per heavy atom. The maximum Gasteiger partial charge on any atom is 0.246 e. The molecule has 2 aromatic rings. The molecule has 2 aromatic carbocycles. The molecular weight excluding hydrogens is 338 g/mol. The summed E-state index contributed by atoms with van der Waals surface area (Å²) >= 11 is 0. The van der Waals surface area contributed by atoms with Gasteiger partial charge in [-0.15, -0.1) is 0 Å². The Bertz CT molecular complexity index is 742. The second-order valence-electron chi connectivity index (χ2n) is 6.45. The fourth-order valence-corrected chi connectivity index (χ4v) is 2.94. The van der Waals surface area contributed by atoms with Crippen molar-refractivity contribution in [2.75, 3.05) is 31.5 Å². The maximum atomic E-state index is 12.9. The van der Waals surface area contributed by atoms with Crippen molar-refractivity contribution in [1.29, 1.82) is 0 Å². The van der Waals surface area contributed by atoms with Crippen LogP contribution in [0.2, 0.25) is 0 Å². The lowest BCUT2D eigenvalue weighted by Crippen LogP contribution is -2.38. The standard InChI is InChI=1S/C22H29N3O2/c1-4-25(5-2)15-14-23-21(18-10-7-6-8-11-18)22(27)24-20-13-9-12-19(16-20)17(3)26/h6-13,16,21,23H,4-5,14-15H2,1-3H3,(H,24,27)/t21-/m0/s1. The quantitative estimate of drug-likeness (QED) is 0.631. The van der Waals surface area contributed by atoms with Crippen LogP contribution in [-0.2, 0) is 4.79 Å². The molecule has 0 heterocycles. The van der Waals surface area contributed by atoms with Crippen LogP contribution < -0.4 is 10.6 Å². The zero-order valence-electron chi connectivity index (χ0n) is 16.4. The number of nitrogens with zero attached hydrogens (tertiary/aromatic N) is 1. The first kappa shape index (κ1) is 20.8. The average Bonchev–Trinajstić information content (AvgIpc) is 2.69. The highest BCUT2D eigenvalue weighted by molar-refractivity contribution is 5.98. The Hall–Kier alpha value is -2.50. The van der Waals surface area contributed by atoms with Crippen LogP contribution in [0.1, 0.15) is 42.7 Å². The number of benzene rings is 2. The summed E-state index contributed by atoms with van der Waals surface area (Å²) in [6, 6.07) is 16.2. The molecular formula is C22H29N3O2. The van der Waals surface area contributed by atoms with E-state index < -0.39 is 6.04 Å². The molecule has 27 heavy (non-hydrogen) atoms. The van der Waals surface area contributed by atoms with Gasteiger partial charge >= 0.3 is 0 Å². The molecule has 1 amide bonds. The van der Waals surface area contributed by atoms with Crippen molar-refractivity contribution in [3.8, 4) is 0 Å². The topological polar surface area (TPSA) is 61.4 Å². The van der Waals surface area contributed by atoms with Gasteiger partial charge in [0.25, 0.3) is 0 Å². The molecule has 5 nitrogen and oxygen atoms in total. The molecule has 144 valence electrons. The number of rotatable bonds is 10. The number of anilines is 1. The second kappa shape index (κ2) is 10.6. The SMILES string of the molecule is CCN(CC)CCN[C@H](C(=O)Nc1cccc(C(C)=O)c1)c1ccccc1. The smallest absolute Gasteiger partial charge is 0.246 e. The van der Waals surface area contributed by atoms with Gasteiger partial charge in [0.1, 0.15) is 6.04 Å². The van der Waals surface area contributed by atoms with E-state index in [2.05, 4.69) is 29.4 Å². The fourth-order valence-electron chi connectivity index (χ4n) is 2.94. The molecule has 1 atom stereocenters. The molecule has 0 fully saturated rings. The zero-order valence-corrected chi connectivity index (χ0v) is 16.4. The molecule has 2 N–H and O–H groups in total. The Morgan fingerprint density at radius 2 is 1.70 bits per heavy atom. The summed E-state index contributed by atoms with van der Waals surface area (Å²) in [5.41, 5.74) is 2.12. The molecule has 0 saturated heterocycles. The molecule has 5 heteroatoms. The number of hydrogen-bond acceptors (Lipinski definition) is 4. The van der Waals surface area contributed by atoms with E-state index in [0.29, 0.717) is 17.8 Å². The highest BCUT2D eigenvalue weighted by Gasteiger charge is 2.20. The Kier molecular flexibility index (Phi) is 8.17. The van der Waals surface area contributed by atoms with E-state index in [1.165, 1.54) is 6.92 Å². The van der Waals surface area contributed by atoms with Crippen molar-refractivity contribution < 1.29 is 9.59 Å². The van der Waals surface area contributed by atoms with E-state index in [9.17, 15) is 9.59 Å². The molecule has 0 saturated carbocycles. The monoisotopic (exact) mass is 367 g/mol. The number of Topliss-reactive ketones (excluding diaryl/α,β-unsaturated/α-hetero) is 1. The summed E-state index contributed by atoms with van der Waals surface area (Å²) in [4.78, 5) is 26.8. The van der Waals surface area contributed by atoms with Crippen LogP contribution in [0.5, 0.6) is 0 Å². The summed E-state index contributed by atoms with van der Waals surface area (Å²) < 4.78 is 0. The minimum Gasteiger partial charge on any atom is -0.324 e. The third-order valence-corrected chi connectivity index (χ3v) is 4.60. The first-order valence-electron chi connectivity index (χ1n) is 9.47. The second-order valence-corrected chi connectivity index (χ2v) is 6.45. The lowest BCUT2D eigenvalue weighted by Gasteiger charge is -2.22. The lowest BCUT2D eigenvalue weighted by molar-refractivity contribution is -0.118. The summed E-state index contributed by atoms with van der Waals surface area (Å²) in [5, 5.41) is 6.31. The van der Waals surface area contributed by atoms with Crippen LogP contribution in [0.15, 0.2) is 54.6 Å². The number of ketones is 1. The normalized spacial score (nSPS) is 12.0. The van der Waals surface area contributed by atoms with Gasteiger partial charge in [0.2, 0.25) is 5.91 Å². The first-order chi connectivity index (χ1) is 13.0. The molecule has 2 rings (SSSR count). The highest BCUT2D eigenvalue weighted by atomic mass is 16.2. The molecule has 0 unspecified atom stereocenters. The van der Waals surface area contributed by atoms with Gasteiger partial charge in [0.05, 0.1) is 0 Å². The first-order valence-corrected chi connectivity index (χ1v) is 9.47. The van der Waals surface area contributed by atoms with Crippen LogP contribution in [-0.4, -0.2) is 42.8 Å². The van der Waals surface area contributed by atoms with Gasteiger partial charge < -0.3 is 15.5 Å². The lowest BCUT2D eigenvalue weighted by atomic mass is 10.1. The van der Waals surface area contributed by atoms with E-state index in [1.54, 1.807) is 24.3 Å². The number of hydrogen-bond donors (Lipinski definition) is 2. The maximum absolute atomic E-state index is 12.9. The summed E-state index contributed by atoms with van der Waals surface area (Å²) in [6.45, 7) is 9.34.